The van der Waals surface area contributed by atoms with E-state index in [1.54, 1.807) is 38.0 Å². The summed E-state index contributed by atoms with van der Waals surface area (Å²) in [6.07, 6.45) is 0.589. The van der Waals surface area contributed by atoms with E-state index in [1.165, 1.54) is 25.1 Å². The summed E-state index contributed by atoms with van der Waals surface area (Å²) in [7, 11) is 5.18. The quantitative estimate of drug-likeness (QED) is 0.139. The number of rotatable bonds is 8. The Labute approximate surface area is 259 Å². The Morgan fingerprint density at radius 1 is 1.07 bits per heavy atom. The molecule has 0 aromatic heterocycles. The maximum atomic E-state index is 14.3. The predicted molar refractivity (Wildman–Crippen MR) is 160 cm³/mol. The number of amides is 2. The molecule has 3 aliphatic rings. The molecule has 2 saturated carbocycles. The number of primary amides is 1. The number of aromatic hydroxyl groups is 1. The second-order valence-electron chi connectivity index (χ2n) is 12.6. The topological polar surface area (TPSA) is 237 Å². The van der Waals surface area contributed by atoms with Gasteiger partial charge in [-0.05, 0) is 52.2 Å². The minimum absolute atomic E-state index is 0.0624. The molecule has 2 amide bonds. The van der Waals surface area contributed by atoms with Crippen molar-refractivity contribution in [2.45, 2.75) is 24.1 Å². The van der Waals surface area contributed by atoms with Crippen molar-refractivity contribution in [3.05, 3.63) is 17.2 Å². The maximum Gasteiger partial charge on any atom is 0.238 e. The number of hydrogen-bond acceptors (Lipinski definition) is 13. The highest BCUT2D eigenvalue weighted by Crippen LogP contribution is 2.53. The third kappa shape index (κ3) is 5.52. The highest BCUT2D eigenvalue weighted by molar-refractivity contribution is 7.88. The number of likely N-dealkylation sites (N-methyl/N-ethyl adjacent to an activating group) is 2. The first kappa shape index (κ1) is 34.1. The van der Waals surface area contributed by atoms with Crippen LogP contribution in [0.2, 0.25) is 0 Å². The standard InChI is InChI=1S/C28H38N6O10S/c1-32(2)10-15(35)30-13-9-14(33(3)4)11-8-12-17(23(37)16(11)22(13)36)25(39)28(42)19(20(12)31-45(7,43)44)21(34(5)6)24(38)18(26(28)40)27(29)41/h9,12,17-21,31,36,42H,8,10H2,1-7H3,(H2,29,41)(H,30,35)/t12-,17?,18?,19+,20+,21+,28+/m1/s1. The van der Waals surface area contributed by atoms with E-state index in [1.807, 2.05) is 0 Å². The fraction of sp³-hybridized carbons (Fsp3) is 0.571. The number of ketones is 4. The molecule has 2 fully saturated rings. The van der Waals surface area contributed by atoms with Gasteiger partial charge in [0.15, 0.2) is 34.7 Å². The van der Waals surface area contributed by atoms with Gasteiger partial charge < -0.3 is 31.1 Å². The Morgan fingerprint density at radius 2 is 1.67 bits per heavy atom. The Hall–Kier alpha value is -3.77. The fourth-order valence-corrected chi connectivity index (χ4v) is 7.90. The second kappa shape index (κ2) is 11.5. The van der Waals surface area contributed by atoms with Gasteiger partial charge in [0.1, 0.15) is 5.75 Å². The van der Waals surface area contributed by atoms with E-state index >= 15 is 0 Å². The average Bonchev–Trinajstić information content (AvgIpc) is 2.88. The highest BCUT2D eigenvalue weighted by Gasteiger charge is 2.72. The molecular weight excluding hydrogens is 612 g/mol. The van der Waals surface area contributed by atoms with Crippen molar-refractivity contribution in [2.24, 2.45) is 29.4 Å². The van der Waals surface area contributed by atoms with Gasteiger partial charge in [-0.1, -0.05) is 0 Å². The SMILES string of the molecule is CN(C)CC(=O)Nc1cc(N(C)C)c2c(c1O)C(=O)C1C(=O)[C@]3(O)C(=O)C(C(N)=O)C(=O)[C@@H](N(C)C)[C@@H]3[C@@H](NS(C)(=O)=O)[C@@H]1C2. The summed E-state index contributed by atoms with van der Waals surface area (Å²) in [6.45, 7) is -0.0624. The van der Waals surface area contributed by atoms with Crippen molar-refractivity contribution in [3.8, 4) is 5.75 Å². The third-order valence-corrected chi connectivity index (χ3v) is 9.43. The zero-order valence-electron chi connectivity index (χ0n) is 25.9. The Balaban J connectivity index is 2.01. The zero-order chi connectivity index (χ0) is 34.1. The van der Waals surface area contributed by atoms with E-state index in [2.05, 4.69) is 10.0 Å². The average molecular weight is 651 g/mol. The molecule has 0 aliphatic heterocycles. The van der Waals surface area contributed by atoms with Crippen LogP contribution in [0.15, 0.2) is 6.07 Å². The number of phenolic OH excluding ortho intramolecular Hbond substituents is 1. The molecule has 4 rings (SSSR count). The van der Waals surface area contributed by atoms with Crippen molar-refractivity contribution >= 4 is 56.3 Å². The van der Waals surface area contributed by atoms with E-state index in [4.69, 9.17) is 5.73 Å². The molecule has 1 aromatic carbocycles. The molecule has 2 unspecified atom stereocenters. The van der Waals surface area contributed by atoms with E-state index in [0.717, 1.165) is 6.26 Å². The van der Waals surface area contributed by atoms with Crippen LogP contribution < -0.4 is 20.7 Å². The largest absolute Gasteiger partial charge is 0.505 e. The molecule has 0 heterocycles. The van der Waals surface area contributed by atoms with Crippen LogP contribution in [-0.4, -0.2) is 136 Å². The number of fused-ring (bicyclic) bond motifs is 3. The van der Waals surface area contributed by atoms with Crippen LogP contribution in [0.1, 0.15) is 15.9 Å². The lowest BCUT2D eigenvalue weighted by Crippen LogP contribution is -2.79. The van der Waals surface area contributed by atoms with Gasteiger partial charge in [0.2, 0.25) is 21.8 Å². The minimum Gasteiger partial charge on any atom is -0.505 e. The van der Waals surface area contributed by atoms with E-state index in [9.17, 15) is 47.4 Å². The molecule has 17 heteroatoms. The lowest BCUT2D eigenvalue weighted by molar-refractivity contribution is -0.184. The van der Waals surface area contributed by atoms with E-state index in [-0.39, 0.29) is 29.8 Å². The minimum atomic E-state index is -4.17. The van der Waals surface area contributed by atoms with Crippen molar-refractivity contribution in [3.63, 3.8) is 0 Å². The van der Waals surface area contributed by atoms with Crippen LogP contribution in [0.3, 0.4) is 0 Å². The summed E-state index contributed by atoms with van der Waals surface area (Å²) >= 11 is 0. The Kier molecular flexibility index (Phi) is 8.75. The number of nitrogens with one attached hydrogen (secondary N) is 2. The first-order valence-corrected chi connectivity index (χ1v) is 15.9. The fourth-order valence-electron chi connectivity index (χ4n) is 7.08. The molecule has 1 aromatic rings. The Morgan fingerprint density at radius 3 is 2.16 bits per heavy atom. The number of hydrogen-bond donors (Lipinski definition) is 5. The molecule has 16 nitrogen and oxygen atoms in total. The second-order valence-corrected chi connectivity index (χ2v) is 14.4. The molecule has 7 atom stereocenters. The third-order valence-electron chi connectivity index (χ3n) is 8.73. The summed E-state index contributed by atoms with van der Waals surface area (Å²) in [6, 6.07) is -1.65. The van der Waals surface area contributed by atoms with Gasteiger partial charge in [0, 0.05) is 31.7 Å². The summed E-state index contributed by atoms with van der Waals surface area (Å²) in [5.74, 6) is -14.7. The summed E-state index contributed by atoms with van der Waals surface area (Å²) in [4.78, 5) is 85.2. The van der Waals surface area contributed by atoms with Gasteiger partial charge in [0.05, 0.1) is 36.0 Å². The number of benzene rings is 1. The molecule has 3 aliphatic carbocycles. The monoisotopic (exact) mass is 650 g/mol. The molecule has 6 N–H and O–H groups in total. The van der Waals surface area contributed by atoms with Crippen LogP contribution in [0.25, 0.3) is 0 Å². The number of aliphatic hydroxyl groups is 1. The summed E-state index contributed by atoms with van der Waals surface area (Å²) in [5.41, 5.74) is 2.27. The number of nitrogens with zero attached hydrogens (tertiary/aromatic N) is 3. The van der Waals surface area contributed by atoms with Gasteiger partial charge in [-0.25, -0.2) is 13.1 Å². The number of Topliss-reactive ketones (excluding diaryl/α,β-unsaturated/α-hetero) is 4. The first-order valence-electron chi connectivity index (χ1n) is 14.0. The molecule has 0 spiro atoms. The van der Waals surface area contributed by atoms with Crippen LogP contribution >= 0.6 is 0 Å². The first-order chi connectivity index (χ1) is 20.6. The molecule has 0 radical (unpaired) electrons. The normalized spacial score (nSPS) is 29.7. The molecule has 246 valence electrons. The Bertz CT molecular complexity index is 1620. The molecule has 0 saturated heterocycles. The van der Waals surface area contributed by atoms with Gasteiger partial charge in [-0.15, -0.1) is 0 Å². The summed E-state index contributed by atoms with van der Waals surface area (Å²) < 4.78 is 27.8. The number of anilines is 2. The molecule has 0 bridgehead atoms. The van der Waals surface area contributed by atoms with E-state index in [0.29, 0.717) is 5.69 Å². The van der Waals surface area contributed by atoms with Crippen molar-refractivity contribution in [1.29, 1.82) is 0 Å². The van der Waals surface area contributed by atoms with Crippen LogP contribution in [-0.2, 0) is 40.4 Å². The smallest absolute Gasteiger partial charge is 0.238 e. The number of phenols is 1. The van der Waals surface area contributed by atoms with Crippen LogP contribution in [0.4, 0.5) is 11.4 Å². The molecular formula is C28H38N6O10S. The summed E-state index contributed by atoms with van der Waals surface area (Å²) in [5, 5.41) is 25.9. The number of sulfonamides is 1. The zero-order valence-corrected chi connectivity index (χ0v) is 26.8. The van der Waals surface area contributed by atoms with Crippen molar-refractivity contribution in [2.75, 3.05) is 65.3 Å². The lowest BCUT2D eigenvalue weighted by Gasteiger charge is -2.56. The maximum absolute atomic E-state index is 14.3. The van der Waals surface area contributed by atoms with Gasteiger partial charge in [0.25, 0.3) is 0 Å². The van der Waals surface area contributed by atoms with Gasteiger partial charge in [-0.2, -0.15) is 0 Å². The number of carbonyl (C=O) groups is 6. The van der Waals surface area contributed by atoms with Gasteiger partial charge >= 0.3 is 0 Å². The van der Waals surface area contributed by atoms with Gasteiger partial charge in [-0.3, -0.25) is 33.7 Å². The van der Waals surface area contributed by atoms with Crippen LogP contribution in [0.5, 0.6) is 5.75 Å². The van der Waals surface area contributed by atoms with Crippen molar-refractivity contribution < 1.29 is 47.4 Å². The lowest BCUT2D eigenvalue weighted by atomic mass is 9.50. The number of nitrogens with two attached hydrogens (primary N) is 1. The predicted octanol–water partition coefficient (Wildman–Crippen LogP) is -3.04. The van der Waals surface area contributed by atoms with E-state index < -0.39 is 92.1 Å². The number of carbonyl (C=O) groups excluding carboxylic acids is 6. The highest BCUT2D eigenvalue weighted by atomic mass is 32.2. The molecule has 45 heavy (non-hydrogen) atoms. The van der Waals surface area contributed by atoms with Crippen molar-refractivity contribution in [1.82, 2.24) is 14.5 Å². The van der Waals surface area contributed by atoms with Crippen LogP contribution in [0, 0.1) is 23.7 Å².